The third kappa shape index (κ3) is 7.26. The summed E-state index contributed by atoms with van der Waals surface area (Å²) in [6.07, 6.45) is 6.39. The molecule has 49 heavy (non-hydrogen) atoms. The van der Waals surface area contributed by atoms with Crippen LogP contribution in [0.3, 0.4) is 0 Å². The first-order valence-electron chi connectivity index (χ1n) is 17.7. The van der Waals surface area contributed by atoms with Gasteiger partial charge in [0.05, 0.1) is 0 Å². The second-order valence-electron chi connectivity index (χ2n) is 13.6. The Hall–Kier alpha value is -4.54. The molecule has 5 aromatic rings. The quantitative estimate of drug-likeness (QED) is 0.106. The molecule has 1 fully saturated rings. The van der Waals surface area contributed by atoms with Gasteiger partial charge >= 0.3 is 266 Å². The van der Waals surface area contributed by atoms with Gasteiger partial charge in [-0.2, -0.15) is 0 Å². The Balaban J connectivity index is 1.38. The van der Waals surface area contributed by atoms with Crippen LogP contribution in [-0.2, 0) is 15.7 Å². The Bertz CT molecular complexity index is 1730. The zero-order valence-corrected chi connectivity index (χ0v) is 30.1. The van der Waals surface area contributed by atoms with Gasteiger partial charge in [0, 0.05) is 0 Å². The van der Waals surface area contributed by atoms with E-state index in [4.69, 9.17) is 9.84 Å². The summed E-state index contributed by atoms with van der Waals surface area (Å²) in [4.78, 5) is 29.0. The molecule has 0 unspecified atom stereocenters. The molecule has 0 bridgehead atoms. The van der Waals surface area contributed by atoms with E-state index in [1.807, 2.05) is 13.8 Å². The van der Waals surface area contributed by atoms with Crippen molar-refractivity contribution in [1.29, 1.82) is 0 Å². The second kappa shape index (κ2) is 15.3. The van der Waals surface area contributed by atoms with Gasteiger partial charge < -0.3 is 0 Å². The molecule has 6 nitrogen and oxygen atoms in total. The van der Waals surface area contributed by atoms with Crippen LogP contribution in [-0.4, -0.2) is 34.3 Å². The SMILES string of the molecule is CCOC(=O)c1cn(-c2ccc(C[PH](c3ccccc3)(c3ccccc3)c3ccccc3)cc2)nc1N(C(=O)[C@H]1CC[C@H](C)CC1)C(C)C. The van der Waals surface area contributed by atoms with Gasteiger partial charge in [-0.05, 0) is 18.8 Å². The predicted octanol–water partition coefficient (Wildman–Crippen LogP) is 7.84. The molecule has 0 saturated heterocycles. The molecular formula is C42H48N3O3P. The maximum atomic E-state index is 14.0. The summed E-state index contributed by atoms with van der Waals surface area (Å²) < 4.78 is 7.18. The normalized spacial score (nSPS) is 16.7. The average molecular weight is 674 g/mol. The van der Waals surface area contributed by atoms with E-state index in [2.05, 4.69) is 122 Å². The average Bonchev–Trinajstić information content (AvgIpc) is 3.57. The fourth-order valence-corrected chi connectivity index (χ4v) is 12.1. The van der Waals surface area contributed by atoms with E-state index in [1.165, 1.54) is 21.5 Å². The van der Waals surface area contributed by atoms with E-state index in [9.17, 15) is 9.59 Å². The molecule has 0 atom stereocenters. The van der Waals surface area contributed by atoms with Crippen LogP contribution in [0, 0.1) is 11.8 Å². The van der Waals surface area contributed by atoms with Crippen molar-refractivity contribution in [3.8, 4) is 5.69 Å². The molecule has 1 amide bonds. The molecule has 0 spiro atoms. The van der Waals surface area contributed by atoms with Gasteiger partial charge in [-0.25, -0.2) is 0 Å². The summed E-state index contributed by atoms with van der Waals surface area (Å²) >= 11 is 0. The molecule has 6 rings (SSSR count). The number of hydrogen-bond donors (Lipinski definition) is 0. The third-order valence-electron chi connectivity index (χ3n) is 10.0. The molecule has 1 aliphatic carbocycles. The molecule has 0 N–H and O–H groups in total. The fourth-order valence-electron chi connectivity index (χ4n) is 7.38. The van der Waals surface area contributed by atoms with E-state index in [0.717, 1.165) is 37.5 Å². The number of esters is 1. The Labute approximate surface area is 291 Å². The second-order valence-corrected chi connectivity index (χ2v) is 17.5. The van der Waals surface area contributed by atoms with E-state index in [1.54, 1.807) is 22.7 Å². The van der Waals surface area contributed by atoms with Gasteiger partial charge in [0.25, 0.3) is 0 Å². The van der Waals surface area contributed by atoms with Crippen molar-refractivity contribution in [3.05, 3.63) is 133 Å². The number of carbonyl (C=O) groups excluding carboxylic acids is 2. The molecule has 1 aromatic heterocycles. The number of aromatic nitrogens is 2. The predicted molar refractivity (Wildman–Crippen MR) is 204 cm³/mol. The number of anilines is 1. The Morgan fingerprint density at radius 2 is 1.31 bits per heavy atom. The Morgan fingerprint density at radius 1 is 0.796 bits per heavy atom. The minimum atomic E-state index is -2.48. The summed E-state index contributed by atoms with van der Waals surface area (Å²) in [5.41, 5.74) is 2.34. The standard InChI is InChI=1S/C42H48N3O3P/c1-5-48-42(47)39-29-44(43-40(39)45(31(2)3)41(46)34-25-21-32(4)22-26-34)35-27-23-33(24-28-35)30-49(36-15-9-6-10-16-36,37-17-11-7-12-18-37)38-19-13-8-14-20-38/h6-20,23-24,27-29,31-32,34,49H,5,21-22,25-26,30H2,1-4H3/t32-,34-. The Kier molecular flexibility index (Phi) is 10.7. The van der Waals surface area contributed by atoms with Gasteiger partial charge in [-0.1, -0.05) is 6.92 Å². The van der Waals surface area contributed by atoms with Crippen molar-refractivity contribution in [2.75, 3.05) is 11.5 Å². The summed E-state index contributed by atoms with van der Waals surface area (Å²) in [6, 6.07) is 41.1. The Morgan fingerprint density at radius 3 is 1.78 bits per heavy atom. The number of nitrogens with zero attached hydrogens (tertiary/aromatic N) is 3. The molecule has 4 aromatic carbocycles. The van der Waals surface area contributed by atoms with Crippen molar-refractivity contribution in [3.63, 3.8) is 0 Å². The zero-order chi connectivity index (χ0) is 34.4. The summed E-state index contributed by atoms with van der Waals surface area (Å²) in [7, 11) is -2.48. The van der Waals surface area contributed by atoms with Crippen LogP contribution >= 0.6 is 7.26 Å². The van der Waals surface area contributed by atoms with Crippen molar-refractivity contribution < 1.29 is 14.3 Å². The molecule has 0 aliphatic heterocycles. The molecule has 254 valence electrons. The number of rotatable bonds is 11. The van der Waals surface area contributed by atoms with Gasteiger partial charge in [0.15, 0.2) is 0 Å². The van der Waals surface area contributed by atoms with Crippen LogP contribution in [0.4, 0.5) is 5.82 Å². The topological polar surface area (TPSA) is 64.4 Å². The van der Waals surface area contributed by atoms with Crippen LogP contribution in [0.15, 0.2) is 121 Å². The molecule has 1 heterocycles. The fraction of sp³-hybridized carbons (Fsp3) is 0.310. The van der Waals surface area contributed by atoms with Crippen molar-refractivity contribution in [2.45, 2.75) is 65.6 Å². The van der Waals surface area contributed by atoms with Crippen LogP contribution in [0.25, 0.3) is 5.69 Å². The van der Waals surface area contributed by atoms with Crippen LogP contribution in [0.5, 0.6) is 0 Å². The van der Waals surface area contributed by atoms with Gasteiger partial charge in [-0.3, -0.25) is 0 Å². The molecule has 1 aliphatic rings. The minimum absolute atomic E-state index is 0.0390. The third-order valence-corrected chi connectivity index (χ3v) is 14.9. The first-order valence-corrected chi connectivity index (χ1v) is 19.9. The summed E-state index contributed by atoms with van der Waals surface area (Å²) in [5.74, 6) is 0.499. The van der Waals surface area contributed by atoms with E-state index in [0.29, 0.717) is 17.3 Å². The summed E-state index contributed by atoms with van der Waals surface area (Å²) in [5, 5.41) is 8.99. The maximum absolute atomic E-state index is 14.0. The van der Waals surface area contributed by atoms with E-state index < -0.39 is 13.2 Å². The number of ether oxygens (including phenoxy) is 1. The van der Waals surface area contributed by atoms with E-state index >= 15 is 0 Å². The van der Waals surface area contributed by atoms with Crippen LogP contribution in [0.2, 0.25) is 0 Å². The number of hydrogen-bond acceptors (Lipinski definition) is 4. The van der Waals surface area contributed by atoms with Gasteiger partial charge in [0.2, 0.25) is 0 Å². The molecule has 7 heteroatoms. The van der Waals surface area contributed by atoms with Crippen LogP contribution < -0.4 is 20.8 Å². The van der Waals surface area contributed by atoms with E-state index in [-0.39, 0.29) is 24.5 Å². The molecule has 1 saturated carbocycles. The summed E-state index contributed by atoms with van der Waals surface area (Å²) in [6.45, 7) is 8.24. The molecule has 0 radical (unpaired) electrons. The van der Waals surface area contributed by atoms with Gasteiger partial charge in [-0.15, -0.1) is 0 Å². The first-order chi connectivity index (χ1) is 23.8. The van der Waals surface area contributed by atoms with Crippen molar-refractivity contribution >= 4 is 40.9 Å². The zero-order valence-electron chi connectivity index (χ0n) is 29.1. The first kappa shape index (κ1) is 34.3. The van der Waals surface area contributed by atoms with Gasteiger partial charge in [0.1, 0.15) is 0 Å². The number of benzene rings is 4. The number of carbonyl (C=O) groups is 2. The number of amides is 1. The van der Waals surface area contributed by atoms with Crippen molar-refractivity contribution in [2.24, 2.45) is 11.8 Å². The van der Waals surface area contributed by atoms with Crippen molar-refractivity contribution in [1.82, 2.24) is 9.78 Å². The monoisotopic (exact) mass is 673 g/mol. The molecular weight excluding hydrogens is 625 g/mol. The van der Waals surface area contributed by atoms with Crippen LogP contribution in [0.1, 0.15) is 69.3 Å².